The van der Waals surface area contributed by atoms with Crippen molar-refractivity contribution in [2.75, 3.05) is 5.73 Å². The first kappa shape index (κ1) is 8.07. The monoisotopic (exact) mass is 178 g/mol. The number of anilines is 1. The lowest BCUT2D eigenvalue weighted by molar-refractivity contribution is -0.139. The summed E-state index contributed by atoms with van der Waals surface area (Å²) in [7, 11) is 0. The largest absolute Gasteiger partial charge is 0.480 e. The van der Waals surface area contributed by atoms with E-state index in [1.54, 1.807) is 6.07 Å². The van der Waals surface area contributed by atoms with E-state index < -0.39 is 12.0 Å². The third kappa shape index (κ3) is 1.15. The highest BCUT2D eigenvalue weighted by Gasteiger charge is 2.29. The predicted molar refractivity (Wildman–Crippen MR) is 48.1 cm³/mol. The average Bonchev–Trinajstić information content (AvgIpc) is 2.49. The van der Waals surface area contributed by atoms with Crippen molar-refractivity contribution in [3.63, 3.8) is 0 Å². The van der Waals surface area contributed by atoms with Crippen LogP contribution >= 0.6 is 0 Å². The number of aliphatic carboxylic acids is 1. The molecule has 0 aliphatic carbocycles. The number of hydrogen-bond acceptors (Lipinski definition) is 3. The molecule has 1 aromatic carbocycles. The van der Waals surface area contributed by atoms with Crippen LogP contribution in [0.1, 0.15) is 17.2 Å². The maximum atomic E-state index is 10.8. The molecular weight excluding hydrogens is 168 g/mol. The lowest BCUT2D eigenvalue weighted by Crippen LogP contribution is -2.21. The van der Waals surface area contributed by atoms with Crippen LogP contribution in [0.2, 0.25) is 0 Å². The van der Waals surface area contributed by atoms with Gasteiger partial charge in [0.2, 0.25) is 0 Å². The van der Waals surface area contributed by atoms with Crippen LogP contribution < -0.4 is 11.1 Å². The molecule has 68 valence electrons. The van der Waals surface area contributed by atoms with E-state index >= 15 is 0 Å². The first-order valence-corrected chi connectivity index (χ1v) is 4.03. The van der Waals surface area contributed by atoms with Crippen molar-refractivity contribution in [3.05, 3.63) is 29.3 Å². The summed E-state index contributed by atoms with van der Waals surface area (Å²) in [5.74, 6) is -0.878. The van der Waals surface area contributed by atoms with Crippen molar-refractivity contribution in [3.8, 4) is 0 Å². The second kappa shape index (κ2) is 2.74. The van der Waals surface area contributed by atoms with Crippen LogP contribution in [0.5, 0.6) is 0 Å². The van der Waals surface area contributed by atoms with E-state index in [4.69, 9.17) is 10.8 Å². The number of nitrogens with two attached hydrogens (primary N) is 1. The Labute approximate surface area is 75.4 Å². The number of hydrogen-bond donors (Lipinski definition) is 3. The molecule has 1 heterocycles. The first-order valence-electron chi connectivity index (χ1n) is 4.03. The summed E-state index contributed by atoms with van der Waals surface area (Å²) in [4.78, 5) is 10.8. The van der Waals surface area contributed by atoms with Crippen LogP contribution in [0.3, 0.4) is 0 Å². The molecular formula is C9H10N2O2. The summed E-state index contributed by atoms with van der Waals surface area (Å²) in [6.45, 7) is 0.581. The Hall–Kier alpha value is -1.55. The number of nitrogen functional groups attached to an aromatic ring is 1. The van der Waals surface area contributed by atoms with Crippen LogP contribution in [0, 0.1) is 0 Å². The molecule has 0 saturated heterocycles. The molecule has 4 heteroatoms. The Morgan fingerprint density at radius 3 is 3.08 bits per heavy atom. The van der Waals surface area contributed by atoms with Gasteiger partial charge >= 0.3 is 5.97 Å². The van der Waals surface area contributed by atoms with Gasteiger partial charge in [0.05, 0.1) is 0 Å². The first-order chi connectivity index (χ1) is 6.20. The molecule has 0 fully saturated rings. The van der Waals surface area contributed by atoms with E-state index in [0.29, 0.717) is 12.2 Å². The van der Waals surface area contributed by atoms with Gasteiger partial charge in [0.1, 0.15) is 6.04 Å². The number of rotatable bonds is 1. The third-order valence-corrected chi connectivity index (χ3v) is 2.26. The molecule has 4 N–H and O–H groups in total. The number of nitrogens with one attached hydrogen (secondary N) is 1. The Morgan fingerprint density at radius 2 is 2.38 bits per heavy atom. The van der Waals surface area contributed by atoms with E-state index in [9.17, 15) is 4.79 Å². The van der Waals surface area contributed by atoms with Gasteiger partial charge in [-0.1, -0.05) is 12.1 Å². The van der Waals surface area contributed by atoms with Gasteiger partial charge in [0, 0.05) is 17.8 Å². The van der Waals surface area contributed by atoms with E-state index in [1.165, 1.54) is 0 Å². The van der Waals surface area contributed by atoms with Crippen LogP contribution in [0.25, 0.3) is 0 Å². The van der Waals surface area contributed by atoms with Crippen molar-refractivity contribution < 1.29 is 9.90 Å². The third-order valence-electron chi connectivity index (χ3n) is 2.26. The number of fused-ring (bicyclic) bond motifs is 1. The lowest BCUT2D eigenvalue weighted by Gasteiger charge is -2.08. The fourth-order valence-electron chi connectivity index (χ4n) is 1.66. The second-order valence-corrected chi connectivity index (χ2v) is 3.07. The molecule has 4 nitrogen and oxygen atoms in total. The highest BCUT2D eigenvalue weighted by atomic mass is 16.4. The van der Waals surface area contributed by atoms with Crippen LogP contribution in [0.4, 0.5) is 5.69 Å². The van der Waals surface area contributed by atoms with Gasteiger partial charge in [0.25, 0.3) is 0 Å². The summed E-state index contributed by atoms with van der Waals surface area (Å²) >= 11 is 0. The average molecular weight is 178 g/mol. The van der Waals surface area contributed by atoms with Crippen molar-refractivity contribution in [2.45, 2.75) is 12.6 Å². The topological polar surface area (TPSA) is 75.4 Å². The van der Waals surface area contributed by atoms with Gasteiger partial charge in [-0.3, -0.25) is 10.1 Å². The standard InChI is InChI=1S/C9H10N2O2/c10-6-3-1-2-5-4-11-8(7(5)6)9(12)13/h1-3,8,11H,4,10H2,(H,12,13)/t8-/m1/s1. The van der Waals surface area contributed by atoms with Crippen molar-refractivity contribution >= 4 is 11.7 Å². The SMILES string of the molecule is Nc1cccc2c1[C@H](C(=O)O)NC2. The molecule has 13 heavy (non-hydrogen) atoms. The van der Waals surface area contributed by atoms with Crippen LogP contribution in [-0.4, -0.2) is 11.1 Å². The van der Waals surface area contributed by atoms with E-state index in [0.717, 1.165) is 11.1 Å². The van der Waals surface area contributed by atoms with Crippen molar-refractivity contribution in [2.24, 2.45) is 0 Å². The Bertz CT molecular complexity index is 363. The fraction of sp³-hybridized carbons (Fsp3) is 0.222. The van der Waals surface area contributed by atoms with Crippen LogP contribution in [0.15, 0.2) is 18.2 Å². The summed E-state index contributed by atoms with van der Waals surface area (Å²) in [6.07, 6.45) is 0. The predicted octanol–water partition coefficient (Wildman–Crippen LogP) is 0.498. The van der Waals surface area contributed by atoms with E-state index in [-0.39, 0.29) is 0 Å². The van der Waals surface area contributed by atoms with Crippen LogP contribution in [-0.2, 0) is 11.3 Å². The lowest BCUT2D eigenvalue weighted by atomic mass is 10.0. The van der Waals surface area contributed by atoms with Gasteiger partial charge in [-0.15, -0.1) is 0 Å². The molecule has 0 aromatic heterocycles. The maximum absolute atomic E-state index is 10.8. The van der Waals surface area contributed by atoms with E-state index in [2.05, 4.69) is 5.32 Å². The zero-order valence-electron chi connectivity index (χ0n) is 6.95. The summed E-state index contributed by atoms with van der Waals surface area (Å²) in [5.41, 5.74) is 7.94. The Kier molecular flexibility index (Phi) is 1.70. The molecule has 1 aliphatic heterocycles. The summed E-state index contributed by atoms with van der Waals surface area (Å²) in [5, 5.41) is 11.7. The number of carboxylic acid groups (broad SMARTS) is 1. The second-order valence-electron chi connectivity index (χ2n) is 3.07. The molecule has 0 unspecified atom stereocenters. The normalized spacial score (nSPS) is 19.8. The highest BCUT2D eigenvalue weighted by Crippen LogP contribution is 2.30. The molecule has 1 aromatic rings. The zero-order valence-corrected chi connectivity index (χ0v) is 6.95. The quantitative estimate of drug-likeness (QED) is 0.547. The van der Waals surface area contributed by atoms with Crippen molar-refractivity contribution in [1.82, 2.24) is 5.32 Å². The maximum Gasteiger partial charge on any atom is 0.325 e. The molecule has 0 bridgehead atoms. The molecule has 0 spiro atoms. The molecule has 1 atom stereocenters. The molecule has 0 amide bonds. The van der Waals surface area contributed by atoms with Gasteiger partial charge in [-0.05, 0) is 11.6 Å². The zero-order chi connectivity index (χ0) is 9.42. The molecule has 2 rings (SSSR count). The molecule has 1 aliphatic rings. The minimum absolute atomic E-state index is 0.551. The summed E-state index contributed by atoms with van der Waals surface area (Å²) < 4.78 is 0. The fourth-order valence-corrected chi connectivity index (χ4v) is 1.66. The van der Waals surface area contributed by atoms with Gasteiger partial charge in [0.15, 0.2) is 0 Å². The van der Waals surface area contributed by atoms with Gasteiger partial charge in [-0.2, -0.15) is 0 Å². The molecule has 0 radical (unpaired) electrons. The Balaban J connectivity index is 2.52. The minimum Gasteiger partial charge on any atom is -0.480 e. The van der Waals surface area contributed by atoms with Gasteiger partial charge in [-0.25, -0.2) is 0 Å². The Morgan fingerprint density at radius 1 is 1.62 bits per heavy atom. The van der Waals surface area contributed by atoms with E-state index in [1.807, 2.05) is 12.1 Å². The van der Waals surface area contributed by atoms with Crippen molar-refractivity contribution in [1.29, 1.82) is 0 Å². The van der Waals surface area contributed by atoms with Gasteiger partial charge < -0.3 is 10.8 Å². The highest BCUT2D eigenvalue weighted by molar-refractivity contribution is 5.80. The number of benzene rings is 1. The molecule has 0 saturated carbocycles. The minimum atomic E-state index is -0.878. The summed E-state index contributed by atoms with van der Waals surface area (Å²) in [6, 6.07) is 4.81. The number of carboxylic acids is 1. The smallest absolute Gasteiger partial charge is 0.325 e. The number of carbonyl (C=O) groups is 1.